The van der Waals surface area contributed by atoms with E-state index >= 15 is 0 Å². The van der Waals surface area contributed by atoms with Gasteiger partial charge in [0, 0.05) is 17.4 Å². The van der Waals surface area contributed by atoms with Crippen LogP contribution in [0.15, 0.2) is 41.8 Å². The minimum absolute atomic E-state index is 0.0302. The lowest BCUT2D eigenvalue weighted by Gasteiger charge is -2.19. The van der Waals surface area contributed by atoms with Gasteiger partial charge in [-0.05, 0) is 48.1 Å². The van der Waals surface area contributed by atoms with Gasteiger partial charge < -0.3 is 5.32 Å². The van der Waals surface area contributed by atoms with Crippen molar-refractivity contribution in [2.75, 3.05) is 0 Å². The van der Waals surface area contributed by atoms with E-state index in [1.165, 1.54) is 36.0 Å². The zero-order valence-corrected chi connectivity index (χ0v) is 18.7. The predicted octanol–water partition coefficient (Wildman–Crippen LogP) is 6.11. The van der Waals surface area contributed by atoms with E-state index in [2.05, 4.69) is 55.3 Å². The molecule has 30 heavy (non-hydrogen) atoms. The van der Waals surface area contributed by atoms with Gasteiger partial charge in [0.15, 0.2) is 5.01 Å². The Labute approximate surface area is 180 Å². The molecule has 0 spiro atoms. The first kappa shape index (κ1) is 22.1. The van der Waals surface area contributed by atoms with Gasteiger partial charge in [0.1, 0.15) is 11.6 Å². The lowest BCUT2D eigenvalue weighted by molar-refractivity contribution is 0.0939. The van der Waals surface area contributed by atoms with Crippen LogP contribution in [0.2, 0.25) is 0 Å². The van der Waals surface area contributed by atoms with Gasteiger partial charge in [-0.15, -0.1) is 11.3 Å². The quantitative estimate of drug-likeness (QED) is 0.533. The standard InChI is InChI=1S/C24H26F2N2OS/c1-14-20(25)11-17(12-21(14)26)15(2)27-22(29)23-28-19(13-30-23)10-16-6-8-18(9-7-16)24(3,4)5/h6-9,11-13,15H,10H2,1-5H3,(H,27,29)/t15-/m1/s1. The van der Waals surface area contributed by atoms with E-state index < -0.39 is 17.7 Å². The zero-order valence-electron chi connectivity index (χ0n) is 17.8. The van der Waals surface area contributed by atoms with Crippen LogP contribution in [0.25, 0.3) is 0 Å². The number of aromatic nitrogens is 1. The van der Waals surface area contributed by atoms with Crippen LogP contribution in [-0.2, 0) is 11.8 Å². The number of amides is 1. The molecule has 1 aromatic heterocycles. The highest BCUT2D eigenvalue weighted by Gasteiger charge is 2.18. The maximum atomic E-state index is 13.8. The molecule has 0 fully saturated rings. The molecule has 2 aromatic carbocycles. The van der Waals surface area contributed by atoms with Gasteiger partial charge in [0.05, 0.1) is 11.7 Å². The van der Waals surface area contributed by atoms with Gasteiger partial charge in [-0.2, -0.15) is 0 Å². The number of carbonyl (C=O) groups excluding carboxylic acids is 1. The van der Waals surface area contributed by atoms with E-state index in [-0.39, 0.29) is 16.9 Å². The third-order valence-electron chi connectivity index (χ3n) is 5.10. The van der Waals surface area contributed by atoms with Crippen LogP contribution in [0.3, 0.4) is 0 Å². The number of rotatable bonds is 5. The first-order valence-corrected chi connectivity index (χ1v) is 10.7. The fraction of sp³-hybridized carbons (Fsp3) is 0.333. The molecule has 0 saturated heterocycles. The highest BCUT2D eigenvalue weighted by atomic mass is 32.1. The SMILES string of the molecule is Cc1c(F)cc([C@@H](C)NC(=O)c2nc(Cc3ccc(C(C)(C)C)cc3)cs2)cc1F. The van der Waals surface area contributed by atoms with Crippen LogP contribution in [-0.4, -0.2) is 10.9 Å². The van der Waals surface area contributed by atoms with Crippen LogP contribution in [0.1, 0.15) is 71.5 Å². The Balaban J connectivity index is 1.66. The van der Waals surface area contributed by atoms with E-state index in [9.17, 15) is 13.6 Å². The molecule has 0 aliphatic heterocycles. The van der Waals surface area contributed by atoms with Crippen molar-refractivity contribution in [2.45, 2.75) is 52.5 Å². The van der Waals surface area contributed by atoms with Crippen LogP contribution in [0, 0.1) is 18.6 Å². The summed E-state index contributed by atoms with van der Waals surface area (Å²) in [5.74, 6) is -1.61. The van der Waals surface area contributed by atoms with Gasteiger partial charge in [0.2, 0.25) is 0 Å². The number of halogens is 2. The zero-order chi connectivity index (χ0) is 22.1. The van der Waals surface area contributed by atoms with E-state index in [1.54, 1.807) is 6.92 Å². The van der Waals surface area contributed by atoms with Crippen molar-refractivity contribution in [1.29, 1.82) is 0 Å². The van der Waals surface area contributed by atoms with Crippen molar-refractivity contribution in [3.8, 4) is 0 Å². The van der Waals surface area contributed by atoms with Gasteiger partial charge >= 0.3 is 0 Å². The largest absolute Gasteiger partial charge is 0.343 e. The molecular formula is C24H26F2N2OS. The minimum Gasteiger partial charge on any atom is -0.343 e. The topological polar surface area (TPSA) is 42.0 Å². The third-order valence-corrected chi connectivity index (χ3v) is 5.99. The minimum atomic E-state index is -0.625. The summed E-state index contributed by atoms with van der Waals surface area (Å²) < 4.78 is 27.6. The second kappa shape index (κ2) is 8.64. The summed E-state index contributed by atoms with van der Waals surface area (Å²) in [7, 11) is 0. The van der Waals surface area contributed by atoms with Gasteiger partial charge in [-0.1, -0.05) is 45.0 Å². The molecule has 1 amide bonds. The lowest BCUT2D eigenvalue weighted by atomic mass is 9.86. The van der Waals surface area contributed by atoms with E-state index in [4.69, 9.17) is 0 Å². The molecule has 0 bridgehead atoms. The van der Waals surface area contributed by atoms with Crippen molar-refractivity contribution in [3.63, 3.8) is 0 Å². The van der Waals surface area contributed by atoms with E-state index in [0.717, 1.165) is 11.3 Å². The molecule has 1 atom stereocenters. The number of benzene rings is 2. The smallest absolute Gasteiger partial charge is 0.280 e. The highest BCUT2D eigenvalue weighted by Crippen LogP contribution is 2.24. The molecule has 0 unspecified atom stereocenters. The number of thiazole rings is 1. The first-order valence-electron chi connectivity index (χ1n) is 9.85. The Kier molecular flexibility index (Phi) is 6.36. The van der Waals surface area contributed by atoms with Crippen LogP contribution in [0.4, 0.5) is 8.78 Å². The average Bonchev–Trinajstić information content (AvgIpc) is 3.14. The van der Waals surface area contributed by atoms with Gasteiger partial charge in [-0.25, -0.2) is 13.8 Å². The third kappa shape index (κ3) is 5.11. The lowest BCUT2D eigenvalue weighted by Crippen LogP contribution is -2.26. The van der Waals surface area contributed by atoms with Crippen LogP contribution < -0.4 is 5.32 Å². The van der Waals surface area contributed by atoms with Gasteiger partial charge in [-0.3, -0.25) is 4.79 Å². The maximum Gasteiger partial charge on any atom is 0.280 e. The van der Waals surface area contributed by atoms with Crippen molar-refractivity contribution in [1.82, 2.24) is 10.3 Å². The Morgan fingerprint density at radius 1 is 1.13 bits per heavy atom. The fourth-order valence-electron chi connectivity index (χ4n) is 3.08. The molecule has 0 aliphatic carbocycles. The molecule has 3 rings (SSSR count). The number of carbonyl (C=O) groups is 1. The Bertz CT molecular complexity index is 1030. The Hall–Kier alpha value is -2.60. The van der Waals surface area contributed by atoms with Crippen LogP contribution >= 0.6 is 11.3 Å². The second-order valence-electron chi connectivity index (χ2n) is 8.57. The molecular weight excluding hydrogens is 402 g/mol. The molecule has 158 valence electrons. The van der Waals surface area contributed by atoms with E-state index in [0.29, 0.717) is 17.0 Å². The molecule has 1 heterocycles. The predicted molar refractivity (Wildman–Crippen MR) is 117 cm³/mol. The maximum absolute atomic E-state index is 13.8. The summed E-state index contributed by atoms with van der Waals surface area (Å²) in [4.78, 5) is 17.0. The average molecular weight is 429 g/mol. The van der Waals surface area contributed by atoms with Crippen molar-refractivity contribution in [3.05, 3.63) is 86.4 Å². The Morgan fingerprint density at radius 2 is 1.73 bits per heavy atom. The Morgan fingerprint density at radius 3 is 2.30 bits per heavy atom. The van der Waals surface area contributed by atoms with Crippen molar-refractivity contribution >= 4 is 17.2 Å². The summed E-state index contributed by atoms with van der Waals surface area (Å²) in [6.07, 6.45) is 0.637. The molecule has 0 aliphatic rings. The summed E-state index contributed by atoms with van der Waals surface area (Å²) in [5.41, 5.74) is 3.65. The molecule has 0 radical (unpaired) electrons. The first-order chi connectivity index (χ1) is 14.0. The number of hydrogen-bond acceptors (Lipinski definition) is 3. The molecule has 3 aromatic rings. The van der Waals surface area contributed by atoms with Gasteiger partial charge in [0.25, 0.3) is 5.91 Å². The summed E-state index contributed by atoms with van der Waals surface area (Å²) in [6.45, 7) is 9.59. The van der Waals surface area contributed by atoms with Crippen molar-refractivity contribution in [2.24, 2.45) is 0 Å². The molecule has 3 nitrogen and oxygen atoms in total. The molecule has 0 saturated carbocycles. The summed E-state index contributed by atoms with van der Waals surface area (Å²) in [5, 5.41) is 4.96. The number of hydrogen-bond donors (Lipinski definition) is 1. The molecule has 1 N–H and O–H groups in total. The fourth-order valence-corrected chi connectivity index (χ4v) is 3.80. The number of nitrogens with zero attached hydrogens (tertiary/aromatic N) is 1. The van der Waals surface area contributed by atoms with Crippen molar-refractivity contribution < 1.29 is 13.6 Å². The normalized spacial score (nSPS) is 12.6. The monoisotopic (exact) mass is 428 g/mol. The summed E-state index contributed by atoms with van der Waals surface area (Å²) in [6, 6.07) is 10.4. The number of nitrogens with one attached hydrogen (secondary N) is 1. The molecule has 6 heteroatoms. The second-order valence-corrected chi connectivity index (χ2v) is 9.43. The summed E-state index contributed by atoms with van der Waals surface area (Å²) >= 11 is 1.26. The van der Waals surface area contributed by atoms with E-state index in [1.807, 2.05) is 5.38 Å². The van der Waals surface area contributed by atoms with Crippen LogP contribution in [0.5, 0.6) is 0 Å². The highest BCUT2D eigenvalue weighted by molar-refractivity contribution is 7.11.